The van der Waals surface area contributed by atoms with E-state index in [-0.39, 0.29) is 5.91 Å². The van der Waals surface area contributed by atoms with Crippen LogP contribution in [0, 0.1) is 11.3 Å². The summed E-state index contributed by atoms with van der Waals surface area (Å²) in [7, 11) is 0. The largest absolute Gasteiger partial charge is 0.352 e. The van der Waals surface area contributed by atoms with Crippen molar-refractivity contribution in [3.63, 3.8) is 0 Å². The predicted octanol–water partition coefficient (Wildman–Crippen LogP) is 3.13. The lowest BCUT2D eigenvalue weighted by molar-refractivity contribution is -0.121. The van der Waals surface area contributed by atoms with E-state index in [0.29, 0.717) is 18.5 Å². The molecular weight excluding hydrogens is 292 g/mol. The Morgan fingerprint density at radius 1 is 1.28 bits per heavy atom. The molecule has 96 valence electrons. The number of hydrogen-bond acceptors (Lipinski definition) is 2. The zero-order chi connectivity index (χ0) is 13.2. The highest BCUT2D eigenvalue weighted by Gasteiger charge is 2.04. The van der Waals surface area contributed by atoms with Crippen LogP contribution < -0.4 is 5.32 Å². The van der Waals surface area contributed by atoms with E-state index in [2.05, 4.69) is 27.3 Å². The summed E-state index contributed by atoms with van der Waals surface area (Å²) in [6.07, 6.45) is 3.64. The Labute approximate surface area is 116 Å². The third-order valence-electron chi connectivity index (χ3n) is 2.65. The monoisotopic (exact) mass is 308 g/mol. The Hall–Kier alpha value is -1.34. The first-order valence-electron chi connectivity index (χ1n) is 6.08. The van der Waals surface area contributed by atoms with Gasteiger partial charge in [-0.25, -0.2) is 0 Å². The summed E-state index contributed by atoms with van der Waals surface area (Å²) in [5.41, 5.74) is 1.49. The van der Waals surface area contributed by atoms with Crippen LogP contribution in [0.5, 0.6) is 0 Å². The van der Waals surface area contributed by atoms with Crippen molar-refractivity contribution in [2.75, 3.05) is 5.33 Å². The minimum Gasteiger partial charge on any atom is -0.352 e. The Balaban J connectivity index is 2.32. The summed E-state index contributed by atoms with van der Waals surface area (Å²) in [5, 5.41) is 12.8. The fourth-order valence-electron chi connectivity index (χ4n) is 1.62. The van der Waals surface area contributed by atoms with E-state index in [0.717, 1.165) is 30.2 Å². The van der Waals surface area contributed by atoms with Gasteiger partial charge in [0.1, 0.15) is 0 Å². The molecule has 0 bridgehead atoms. The number of unbranched alkanes of at least 4 members (excludes halogenated alkanes) is 2. The lowest BCUT2D eigenvalue weighted by Crippen LogP contribution is -2.22. The van der Waals surface area contributed by atoms with Gasteiger partial charge in [0.25, 0.3) is 0 Å². The van der Waals surface area contributed by atoms with Crippen LogP contribution in [0.25, 0.3) is 0 Å². The van der Waals surface area contributed by atoms with E-state index < -0.39 is 0 Å². The number of nitrogens with zero attached hydrogens (tertiary/aromatic N) is 1. The van der Waals surface area contributed by atoms with Crippen LogP contribution in [0.1, 0.15) is 36.8 Å². The van der Waals surface area contributed by atoms with E-state index in [9.17, 15) is 4.79 Å². The third-order valence-corrected chi connectivity index (χ3v) is 3.21. The number of carbonyl (C=O) groups excluding carboxylic acids is 1. The Morgan fingerprint density at radius 3 is 2.78 bits per heavy atom. The molecular formula is C14H17BrN2O. The number of nitriles is 1. The molecule has 1 aromatic rings. The van der Waals surface area contributed by atoms with Gasteiger partial charge in [-0.2, -0.15) is 5.26 Å². The van der Waals surface area contributed by atoms with E-state index >= 15 is 0 Å². The van der Waals surface area contributed by atoms with Crippen LogP contribution in [0.3, 0.4) is 0 Å². The minimum atomic E-state index is 0.0531. The smallest absolute Gasteiger partial charge is 0.220 e. The number of carbonyl (C=O) groups is 1. The van der Waals surface area contributed by atoms with Crippen molar-refractivity contribution < 1.29 is 4.79 Å². The molecule has 0 radical (unpaired) electrons. The summed E-state index contributed by atoms with van der Waals surface area (Å²) in [6, 6.07) is 9.45. The zero-order valence-electron chi connectivity index (χ0n) is 10.3. The lowest BCUT2D eigenvalue weighted by atomic mass is 10.1. The average molecular weight is 309 g/mol. The summed E-state index contributed by atoms with van der Waals surface area (Å²) in [6.45, 7) is 0.432. The molecule has 0 spiro atoms. The quantitative estimate of drug-likeness (QED) is 0.621. The van der Waals surface area contributed by atoms with Crippen LogP contribution in [0.2, 0.25) is 0 Å². The van der Waals surface area contributed by atoms with E-state index in [1.165, 1.54) is 0 Å². The number of nitrogens with one attached hydrogen (secondary N) is 1. The fourth-order valence-corrected chi connectivity index (χ4v) is 2.02. The van der Waals surface area contributed by atoms with Crippen molar-refractivity contribution in [1.82, 2.24) is 5.32 Å². The van der Waals surface area contributed by atoms with Crippen molar-refractivity contribution in [2.45, 2.75) is 32.2 Å². The minimum absolute atomic E-state index is 0.0531. The van der Waals surface area contributed by atoms with Gasteiger partial charge < -0.3 is 5.32 Å². The molecule has 0 fully saturated rings. The van der Waals surface area contributed by atoms with E-state index in [4.69, 9.17) is 5.26 Å². The normalized spacial score (nSPS) is 9.78. The molecule has 1 rings (SSSR count). The molecule has 0 heterocycles. The van der Waals surface area contributed by atoms with Crippen LogP contribution in [0.4, 0.5) is 0 Å². The highest BCUT2D eigenvalue weighted by atomic mass is 79.9. The maximum atomic E-state index is 11.6. The SMILES string of the molecule is N#Cc1ccccc1CNC(=O)CCCCCBr. The van der Waals surface area contributed by atoms with Crippen LogP contribution in [-0.2, 0) is 11.3 Å². The zero-order valence-corrected chi connectivity index (χ0v) is 11.9. The first-order valence-corrected chi connectivity index (χ1v) is 7.20. The molecule has 0 aliphatic heterocycles. The average Bonchev–Trinajstić information content (AvgIpc) is 2.41. The number of benzene rings is 1. The van der Waals surface area contributed by atoms with E-state index in [1.54, 1.807) is 6.07 Å². The van der Waals surface area contributed by atoms with Gasteiger partial charge >= 0.3 is 0 Å². The van der Waals surface area contributed by atoms with Crippen LogP contribution in [-0.4, -0.2) is 11.2 Å². The van der Waals surface area contributed by atoms with Crippen molar-refractivity contribution in [2.24, 2.45) is 0 Å². The summed E-state index contributed by atoms with van der Waals surface area (Å²) in [5.74, 6) is 0.0531. The second-order valence-corrected chi connectivity index (χ2v) is 4.84. The maximum Gasteiger partial charge on any atom is 0.220 e. The fraction of sp³-hybridized carbons (Fsp3) is 0.429. The van der Waals surface area contributed by atoms with Gasteiger partial charge in [-0.1, -0.05) is 40.5 Å². The molecule has 0 atom stereocenters. The van der Waals surface area contributed by atoms with Gasteiger partial charge in [0, 0.05) is 18.3 Å². The molecule has 0 aromatic heterocycles. The summed E-state index contributed by atoms with van der Waals surface area (Å²) in [4.78, 5) is 11.6. The van der Waals surface area contributed by atoms with Gasteiger partial charge in [-0.05, 0) is 24.5 Å². The third kappa shape index (κ3) is 5.33. The molecule has 1 amide bonds. The predicted molar refractivity (Wildman–Crippen MR) is 75.3 cm³/mol. The first kappa shape index (κ1) is 14.7. The van der Waals surface area contributed by atoms with Crippen molar-refractivity contribution in [1.29, 1.82) is 5.26 Å². The number of amides is 1. The van der Waals surface area contributed by atoms with Gasteiger partial charge in [-0.3, -0.25) is 4.79 Å². The van der Waals surface area contributed by atoms with Gasteiger partial charge in [0.15, 0.2) is 0 Å². The molecule has 1 N–H and O–H groups in total. The van der Waals surface area contributed by atoms with Gasteiger partial charge in [-0.15, -0.1) is 0 Å². The molecule has 0 unspecified atom stereocenters. The highest BCUT2D eigenvalue weighted by Crippen LogP contribution is 2.07. The van der Waals surface area contributed by atoms with E-state index in [1.807, 2.05) is 18.2 Å². The Morgan fingerprint density at radius 2 is 2.06 bits per heavy atom. The molecule has 0 aliphatic rings. The van der Waals surface area contributed by atoms with Crippen molar-refractivity contribution in [3.8, 4) is 6.07 Å². The van der Waals surface area contributed by atoms with Gasteiger partial charge in [0.05, 0.1) is 11.6 Å². The number of halogens is 1. The molecule has 4 heteroatoms. The standard InChI is InChI=1S/C14H17BrN2O/c15-9-5-1-2-8-14(18)17-11-13-7-4-3-6-12(13)10-16/h3-4,6-7H,1-2,5,8-9,11H2,(H,17,18). The Bertz CT molecular complexity index is 426. The van der Waals surface area contributed by atoms with Crippen LogP contribution >= 0.6 is 15.9 Å². The van der Waals surface area contributed by atoms with Gasteiger partial charge in [0.2, 0.25) is 5.91 Å². The topological polar surface area (TPSA) is 52.9 Å². The number of hydrogen-bond donors (Lipinski definition) is 1. The molecule has 0 saturated heterocycles. The molecule has 18 heavy (non-hydrogen) atoms. The second kappa shape index (κ2) is 8.71. The lowest BCUT2D eigenvalue weighted by Gasteiger charge is -2.06. The molecule has 3 nitrogen and oxygen atoms in total. The number of rotatable bonds is 7. The van der Waals surface area contributed by atoms with Crippen LogP contribution in [0.15, 0.2) is 24.3 Å². The Kier molecular flexibility index (Phi) is 7.12. The maximum absolute atomic E-state index is 11.6. The molecule has 0 saturated carbocycles. The van der Waals surface area contributed by atoms with Crippen molar-refractivity contribution >= 4 is 21.8 Å². The highest BCUT2D eigenvalue weighted by molar-refractivity contribution is 9.09. The molecule has 1 aromatic carbocycles. The first-order chi connectivity index (χ1) is 8.77. The summed E-state index contributed by atoms with van der Waals surface area (Å²) < 4.78 is 0. The summed E-state index contributed by atoms with van der Waals surface area (Å²) >= 11 is 3.36. The second-order valence-electron chi connectivity index (χ2n) is 4.05. The van der Waals surface area contributed by atoms with Crippen molar-refractivity contribution in [3.05, 3.63) is 35.4 Å². The number of alkyl halides is 1. The molecule has 0 aliphatic carbocycles.